The van der Waals surface area contributed by atoms with Crippen LogP contribution in [0, 0.1) is 0 Å². The highest BCUT2D eigenvalue weighted by molar-refractivity contribution is 9.10. The van der Waals surface area contributed by atoms with Gasteiger partial charge in [0.15, 0.2) is 0 Å². The van der Waals surface area contributed by atoms with Gasteiger partial charge in [-0.05, 0) is 15.9 Å². The molecule has 0 atom stereocenters. The fourth-order valence-electron chi connectivity index (χ4n) is 0.765. The Hall–Kier alpha value is -0.720. The van der Waals surface area contributed by atoms with Crippen LogP contribution in [0.15, 0.2) is 4.60 Å². The van der Waals surface area contributed by atoms with E-state index in [1.54, 1.807) is 0 Å². The summed E-state index contributed by atoms with van der Waals surface area (Å²) in [6, 6.07) is 0. The molecular formula is C5H5BrF3N3. The number of aromatic nitrogens is 2. The van der Waals surface area contributed by atoms with Crippen molar-refractivity contribution in [2.75, 3.05) is 5.73 Å². The van der Waals surface area contributed by atoms with Crippen molar-refractivity contribution in [1.29, 1.82) is 0 Å². The second kappa shape index (κ2) is 2.65. The highest BCUT2D eigenvalue weighted by Gasteiger charge is 2.38. The highest BCUT2D eigenvalue weighted by Crippen LogP contribution is 2.37. The summed E-state index contributed by atoms with van der Waals surface area (Å²) in [5.74, 6) is -0.394. The minimum Gasteiger partial charge on any atom is -0.383 e. The third kappa shape index (κ3) is 1.40. The fourth-order valence-corrected chi connectivity index (χ4v) is 1.43. The van der Waals surface area contributed by atoms with E-state index in [1.165, 1.54) is 7.05 Å². The predicted octanol–water partition coefficient (Wildman–Crippen LogP) is 1.78. The van der Waals surface area contributed by atoms with Crippen LogP contribution >= 0.6 is 15.9 Å². The van der Waals surface area contributed by atoms with Gasteiger partial charge in [-0.1, -0.05) is 0 Å². The summed E-state index contributed by atoms with van der Waals surface area (Å²) in [4.78, 5) is 0. The smallest absolute Gasteiger partial charge is 0.383 e. The maximum absolute atomic E-state index is 12.2. The standard InChI is InChI=1S/C5H5BrF3N3/c1-12-4(10)2(3(6)11-12)5(7,8)9/h10H2,1H3. The zero-order valence-corrected chi connectivity index (χ0v) is 7.57. The highest BCUT2D eigenvalue weighted by atomic mass is 79.9. The summed E-state index contributed by atoms with van der Waals surface area (Å²) in [6.45, 7) is 0. The van der Waals surface area contributed by atoms with Crippen LogP contribution in [-0.2, 0) is 13.2 Å². The van der Waals surface area contributed by atoms with E-state index in [2.05, 4.69) is 21.0 Å². The summed E-state index contributed by atoms with van der Waals surface area (Å²) in [5, 5.41) is 3.47. The number of hydrogen-bond acceptors (Lipinski definition) is 2. The van der Waals surface area contributed by atoms with Crippen molar-refractivity contribution in [1.82, 2.24) is 9.78 Å². The molecule has 3 nitrogen and oxygen atoms in total. The van der Waals surface area contributed by atoms with Crippen molar-refractivity contribution in [2.45, 2.75) is 6.18 Å². The number of anilines is 1. The van der Waals surface area contributed by atoms with Crippen LogP contribution in [0.3, 0.4) is 0 Å². The normalized spacial score (nSPS) is 12.1. The van der Waals surface area contributed by atoms with Gasteiger partial charge in [-0.25, -0.2) is 0 Å². The molecule has 2 N–H and O–H groups in total. The summed E-state index contributed by atoms with van der Waals surface area (Å²) in [7, 11) is 1.34. The summed E-state index contributed by atoms with van der Waals surface area (Å²) < 4.78 is 37.2. The van der Waals surface area contributed by atoms with Crippen LogP contribution in [0.4, 0.5) is 19.0 Å². The summed E-state index contributed by atoms with van der Waals surface area (Å²) in [5.41, 5.74) is 4.21. The first kappa shape index (κ1) is 9.37. The van der Waals surface area contributed by atoms with Gasteiger partial charge in [0.1, 0.15) is 16.0 Å². The molecule has 0 bridgehead atoms. The predicted molar refractivity (Wildman–Crippen MR) is 40.3 cm³/mol. The Kier molecular flexibility index (Phi) is 2.07. The topological polar surface area (TPSA) is 43.8 Å². The molecule has 1 aromatic rings. The fraction of sp³-hybridized carbons (Fsp3) is 0.400. The minimum absolute atomic E-state index is 0.282. The molecule has 0 aliphatic carbocycles. The lowest BCUT2D eigenvalue weighted by Gasteiger charge is -2.04. The van der Waals surface area contributed by atoms with Gasteiger partial charge in [0, 0.05) is 7.05 Å². The number of aryl methyl sites for hydroxylation is 1. The molecule has 0 saturated heterocycles. The molecular weight excluding hydrogens is 239 g/mol. The second-order valence-electron chi connectivity index (χ2n) is 2.17. The van der Waals surface area contributed by atoms with Crippen LogP contribution in [0.1, 0.15) is 5.56 Å². The summed E-state index contributed by atoms with van der Waals surface area (Å²) in [6.07, 6.45) is -4.46. The molecule has 7 heteroatoms. The molecule has 0 aliphatic rings. The molecule has 0 aromatic carbocycles. The molecule has 0 spiro atoms. The minimum atomic E-state index is -4.46. The first-order chi connectivity index (χ1) is 5.34. The van der Waals surface area contributed by atoms with Crippen LogP contribution < -0.4 is 5.73 Å². The molecule has 0 radical (unpaired) electrons. The van der Waals surface area contributed by atoms with E-state index in [0.717, 1.165) is 4.68 Å². The number of rotatable bonds is 0. The zero-order valence-electron chi connectivity index (χ0n) is 5.98. The van der Waals surface area contributed by atoms with Crippen LogP contribution in [-0.4, -0.2) is 9.78 Å². The van der Waals surface area contributed by atoms with Crippen molar-refractivity contribution in [3.63, 3.8) is 0 Å². The van der Waals surface area contributed by atoms with Gasteiger partial charge < -0.3 is 5.73 Å². The monoisotopic (exact) mass is 243 g/mol. The van der Waals surface area contributed by atoms with Crippen LogP contribution in [0.5, 0.6) is 0 Å². The van der Waals surface area contributed by atoms with E-state index in [9.17, 15) is 13.2 Å². The number of nitrogens with two attached hydrogens (primary N) is 1. The second-order valence-corrected chi connectivity index (χ2v) is 2.92. The van der Waals surface area contributed by atoms with Gasteiger partial charge >= 0.3 is 6.18 Å². The Morgan fingerprint density at radius 2 is 2.00 bits per heavy atom. The van der Waals surface area contributed by atoms with Crippen molar-refractivity contribution < 1.29 is 13.2 Å². The molecule has 12 heavy (non-hydrogen) atoms. The van der Waals surface area contributed by atoms with Gasteiger partial charge in [0.2, 0.25) is 0 Å². The summed E-state index contributed by atoms with van der Waals surface area (Å²) >= 11 is 2.67. The molecule has 0 fully saturated rings. The van der Waals surface area contributed by atoms with E-state index in [0.29, 0.717) is 0 Å². The third-order valence-corrected chi connectivity index (χ3v) is 1.89. The Morgan fingerprint density at radius 1 is 1.50 bits per heavy atom. The maximum atomic E-state index is 12.2. The molecule has 68 valence electrons. The van der Waals surface area contributed by atoms with E-state index >= 15 is 0 Å². The number of alkyl halides is 3. The van der Waals surface area contributed by atoms with Gasteiger partial charge in [-0.15, -0.1) is 0 Å². The van der Waals surface area contributed by atoms with Crippen molar-refractivity contribution in [3.05, 3.63) is 10.2 Å². The molecule has 0 amide bonds. The number of halogens is 4. The Bertz CT molecular complexity index is 304. The van der Waals surface area contributed by atoms with E-state index in [4.69, 9.17) is 5.73 Å². The quantitative estimate of drug-likeness (QED) is 0.755. The molecule has 0 unspecified atom stereocenters. The van der Waals surface area contributed by atoms with Gasteiger partial charge in [-0.3, -0.25) is 4.68 Å². The average Bonchev–Trinajstić information content (AvgIpc) is 2.05. The molecule has 1 heterocycles. The third-order valence-electron chi connectivity index (χ3n) is 1.33. The first-order valence-corrected chi connectivity index (χ1v) is 3.68. The number of nitrogens with zero attached hydrogens (tertiary/aromatic N) is 2. The molecule has 1 rings (SSSR count). The van der Waals surface area contributed by atoms with E-state index in [1.807, 2.05) is 0 Å². The lowest BCUT2D eigenvalue weighted by Crippen LogP contribution is -2.09. The van der Waals surface area contributed by atoms with Gasteiger partial charge in [-0.2, -0.15) is 18.3 Å². The lowest BCUT2D eigenvalue weighted by atomic mass is 10.3. The Labute approximate surface area is 74.5 Å². The molecule has 1 aromatic heterocycles. The van der Waals surface area contributed by atoms with Gasteiger partial charge in [0.05, 0.1) is 0 Å². The average molecular weight is 244 g/mol. The largest absolute Gasteiger partial charge is 0.422 e. The maximum Gasteiger partial charge on any atom is 0.422 e. The SMILES string of the molecule is Cn1nc(Br)c(C(F)(F)F)c1N. The first-order valence-electron chi connectivity index (χ1n) is 2.89. The van der Waals surface area contributed by atoms with Crippen LogP contribution in [0.2, 0.25) is 0 Å². The molecule has 0 aliphatic heterocycles. The number of hydrogen-bond donors (Lipinski definition) is 1. The van der Waals surface area contributed by atoms with Crippen LogP contribution in [0.25, 0.3) is 0 Å². The van der Waals surface area contributed by atoms with Crippen molar-refractivity contribution in [2.24, 2.45) is 7.05 Å². The Balaban J connectivity index is 3.32. The van der Waals surface area contributed by atoms with E-state index in [-0.39, 0.29) is 4.60 Å². The van der Waals surface area contributed by atoms with Crippen molar-refractivity contribution in [3.8, 4) is 0 Å². The molecule has 0 saturated carbocycles. The Morgan fingerprint density at radius 3 is 2.17 bits per heavy atom. The zero-order chi connectivity index (χ0) is 9.52. The van der Waals surface area contributed by atoms with Crippen molar-refractivity contribution >= 4 is 21.7 Å². The number of nitrogen functional groups attached to an aromatic ring is 1. The van der Waals surface area contributed by atoms with Gasteiger partial charge in [0.25, 0.3) is 0 Å². The lowest BCUT2D eigenvalue weighted by molar-refractivity contribution is -0.137. The van der Waals surface area contributed by atoms with E-state index < -0.39 is 17.6 Å².